The van der Waals surface area contributed by atoms with E-state index in [4.69, 9.17) is 0 Å². The molecule has 0 aromatic heterocycles. The van der Waals surface area contributed by atoms with Gasteiger partial charge in [-0.2, -0.15) is 4.72 Å². The van der Waals surface area contributed by atoms with Crippen molar-refractivity contribution in [3.63, 3.8) is 0 Å². The summed E-state index contributed by atoms with van der Waals surface area (Å²) in [5.74, 6) is -1.24. The van der Waals surface area contributed by atoms with Crippen molar-refractivity contribution in [2.75, 3.05) is 0 Å². The Labute approximate surface area is 121 Å². The fourth-order valence-corrected chi connectivity index (χ4v) is 3.16. The molecule has 0 radical (unpaired) electrons. The lowest BCUT2D eigenvalue weighted by Gasteiger charge is -2.21. The van der Waals surface area contributed by atoms with E-state index in [0.29, 0.717) is 5.56 Å². The maximum absolute atomic E-state index is 12.1. The topological polar surface area (TPSA) is 109 Å². The Morgan fingerprint density at radius 1 is 1.24 bits per heavy atom. The van der Waals surface area contributed by atoms with Crippen LogP contribution in [-0.2, 0) is 19.6 Å². The molecule has 1 unspecified atom stereocenters. The smallest absolute Gasteiger partial charge is 0.244 e. The number of hydrogen-bond donors (Lipinski definition) is 2. The van der Waals surface area contributed by atoms with E-state index in [1.54, 1.807) is 0 Å². The van der Waals surface area contributed by atoms with E-state index in [0.717, 1.165) is 0 Å². The highest BCUT2D eigenvalue weighted by Gasteiger charge is 2.30. The molecule has 7 nitrogen and oxygen atoms in total. The molecule has 2 N–H and O–H groups in total. The van der Waals surface area contributed by atoms with Gasteiger partial charge in [-0.3, -0.25) is 19.7 Å². The summed E-state index contributed by atoms with van der Waals surface area (Å²) in [4.78, 5) is 33.7. The molecule has 1 aromatic rings. The Hall–Kier alpha value is -2.06. The van der Waals surface area contributed by atoms with Crippen molar-refractivity contribution in [3.8, 4) is 0 Å². The van der Waals surface area contributed by atoms with Gasteiger partial charge in [-0.05, 0) is 25.5 Å². The van der Waals surface area contributed by atoms with E-state index in [1.807, 2.05) is 0 Å². The second-order valence-corrected chi connectivity index (χ2v) is 6.42. The summed E-state index contributed by atoms with van der Waals surface area (Å²) in [6, 6.07) is 4.43. The van der Waals surface area contributed by atoms with Crippen molar-refractivity contribution in [2.45, 2.75) is 30.7 Å². The third-order valence-corrected chi connectivity index (χ3v) is 4.60. The molecular formula is C13H14N2O5S. The lowest BCUT2D eigenvalue weighted by molar-refractivity contribution is -0.134. The third-order valence-electron chi connectivity index (χ3n) is 3.11. The molecule has 1 fully saturated rings. The van der Waals surface area contributed by atoms with Crippen molar-refractivity contribution in [2.24, 2.45) is 0 Å². The van der Waals surface area contributed by atoms with Gasteiger partial charge < -0.3 is 0 Å². The van der Waals surface area contributed by atoms with Gasteiger partial charge in [0.1, 0.15) is 6.04 Å². The van der Waals surface area contributed by atoms with Gasteiger partial charge in [0.15, 0.2) is 5.78 Å². The van der Waals surface area contributed by atoms with Crippen LogP contribution in [0.2, 0.25) is 0 Å². The number of benzene rings is 1. The Kier molecular flexibility index (Phi) is 4.19. The molecule has 1 aliphatic rings. The van der Waals surface area contributed by atoms with E-state index >= 15 is 0 Å². The number of imide groups is 1. The standard InChI is InChI=1S/C13H14N2O5S/c1-8(16)9-2-4-10(5-3-9)21(19,20)15-11-6-7-12(17)14-13(11)18/h2-5,11,15H,6-7H2,1H3,(H,14,17,18). The van der Waals surface area contributed by atoms with Crippen LogP contribution in [0.3, 0.4) is 0 Å². The molecule has 21 heavy (non-hydrogen) atoms. The minimum Gasteiger partial charge on any atom is -0.295 e. The lowest BCUT2D eigenvalue weighted by atomic mass is 10.1. The zero-order valence-corrected chi connectivity index (χ0v) is 12.1. The molecule has 8 heteroatoms. The molecule has 1 aliphatic heterocycles. The fraction of sp³-hybridized carbons (Fsp3) is 0.308. The van der Waals surface area contributed by atoms with E-state index in [2.05, 4.69) is 10.0 Å². The van der Waals surface area contributed by atoms with Crippen molar-refractivity contribution in [1.82, 2.24) is 10.0 Å². The van der Waals surface area contributed by atoms with Gasteiger partial charge in [0.25, 0.3) is 0 Å². The van der Waals surface area contributed by atoms with Crippen molar-refractivity contribution in [3.05, 3.63) is 29.8 Å². The van der Waals surface area contributed by atoms with Crippen LogP contribution in [0.5, 0.6) is 0 Å². The number of rotatable bonds is 4. The number of hydrogen-bond acceptors (Lipinski definition) is 5. The van der Waals surface area contributed by atoms with Crippen LogP contribution in [0.4, 0.5) is 0 Å². The van der Waals surface area contributed by atoms with Gasteiger partial charge in [0, 0.05) is 12.0 Å². The molecule has 1 atom stereocenters. The zero-order chi connectivity index (χ0) is 15.6. The van der Waals surface area contributed by atoms with Crippen LogP contribution in [0.1, 0.15) is 30.1 Å². The second kappa shape index (κ2) is 5.74. The van der Waals surface area contributed by atoms with Crippen molar-refractivity contribution >= 4 is 27.6 Å². The van der Waals surface area contributed by atoms with Crippen LogP contribution in [0.25, 0.3) is 0 Å². The maximum Gasteiger partial charge on any atom is 0.244 e. The molecular weight excluding hydrogens is 296 g/mol. The highest BCUT2D eigenvalue weighted by Crippen LogP contribution is 2.14. The van der Waals surface area contributed by atoms with Crippen LogP contribution in [-0.4, -0.2) is 32.1 Å². The molecule has 0 bridgehead atoms. The predicted octanol–water partition coefficient (Wildman–Crippen LogP) is -0.0273. The first kappa shape index (κ1) is 15.3. The predicted molar refractivity (Wildman–Crippen MR) is 72.9 cm³/mol. The minimum atomic E-state index is -3.89. The average molecular weight is 310 g/mol. The van der Waals surface area contributed by atoms with Crippen LogP contribution in [0, 0.1) is 0 Å². The summed E-state index contributed by atoms with van der Waals surface area (Å²) in [7, 11) is -3.89. The number of ketones is 1. The summed E-state index contributed by atoms with van der Waals surface area (Å²) in [5, 5.41) is 2.08. The molecule has 2 amide bonds. The maximum atomic E-state index is 12.1. The van der Waals surface area contributed by atoms with Crippen LogP contribution >= 0.6 is 0 Å². The molecule has 0 saturated carbocycles. The quantitative estimate of drug-likeness (QED) is 0.599. The van der Waals surface area contributed by atoms with Gasteiger partial charge >= 0.3 is 0 Å². The average Bonchev–Trinajstić information content (AvgIpc) is 2.42. The number of amides is 2. The molecule has 112 valence electrons. The van der Waals surface area contributed by atoms with Crippen LogP contribution in [0.15, 0.2) is 29.2 Å². The first-order chi connectivity index (χ1) is 9.79. The highest BCUT2D eigenvalue weighted by atomic mass is 32.2. The third kappa shape index (κ3) is 3.53. The minimum absolute atomic E-state index is 0.0443. The van der Waals surface area contributed by atoms with Crippen molar-refractivity contribution in [1.29, 1.82) is 0 Å². The van der Waals surface area contributed by atoms with E-state index in [-0.39, 0.29) is 23.5 Å². The molecule has 1 saturated heterocycles. The molecule has 0 aliphatic carbocycles. The first-order valence-electron chi connectivity index (χ1n) is 6.26. The molecule has 2 rings (SSSR count). The largest absolute Gasteiger partial charge is 0.295 e. The summed E-state index contributed by atoms with van der Waals surface area (Å²) < 4.78 is 26.5. The van der Waals surface area contributed by atoms with E-state index < -0.39 is 27.9 Å². The Morgan fingerprint density at radius 2 is 1.86 bits per heavy atom. The number of sulfonamides is 1. The van der Waals surface area contributed by atoms with Gasteiger partial charge in [-0.15, -0.1) is 0 Å². The highest BCUT2D eigenvalue weighted by molar-refractivity contribution is 7.89. The monoisotopic (exact) mass is 310 g/mol. The van der Waals surface area contributed by atoms with Gasteiger partial charge in [-0.25, -0.2) is 8.42 Å². The van der Waals surface area contributed by atoms with Gasteiger partial charge in [0.2, 0.25) is 21.8 Å². The van der Waals surface area contributed by atoms with Crippen LogP contribution < -0.4 is 10.0 Å². The Morgan fingerprint density at radius 3 is 2.38 bits per heavy atom. The first-order valence-corrected chi connectivity index (χ1v) is 7.75. The Balaban J connectivity index is 2.16. The summed E-state index contributed by atoms with van der Waals surface area (Å²) >= 11 is 0. The normalized spacial score (nSPS) is 19.2. The lowest BCUT2D eigenvalue weighted by Crippen LogP contribution is -2.52. The summed E-state index contributed by atoms with van der Waals surface area (Å²) in [5.41, 5.74) is 0.398. The number of nitrogens with one attached hydrogen (secondary N) is 2. The number of Topliss-reactive ketones (excluding diaryl/α,β-unsaturated/α-hetero) is 1. The van der Waals surface area contributed by atoms with Gasteiger partial charge in [-0.1, -0.05) is 12.1 Å². The molecule has 1 aromatic carbocycles. The number of carbonyl (C=O) groups excluding carboxylic acids is 3. The molecule has 1 heterocycles. The van der Waals surface area contributed by atoms with E-state index in [1.165, 1.54) is 31.2 Å². The van der Waals surface area contributed by atoms with Crippen molar-refractivity contribution < 1.29 is 22.8 Å². The second-order valence-electron chi connectivity index (χ2n) is 4.71. The Bertz CT molecular complexity index is 694. The summed E-state index contributed by atoms with van der Waals surface area (Å²) in [6.07, 6.45) is 0.206. The SMILES string of the molecule is CC(=O)c1ccc(S(=O)(=O)NC2CCC(=O)NC2=O)cc1. The fourth-order valence-electron chi connectivity index (χ4n) is 1.93. The van der Waals surface area contributed by atoms with E-state index in [9.17, 15) is 22.8 Å². The number of piperidine rings is 1. The summed E-state index contributed by atoms with van der Waals surface area (Å²) in [6.45, 7) is 1.38. The zero-order valence-electron chi connectivity index (χ0n) is 11.3. The number of carbonyl (C=O) groups is 3. The van der Waals surface area contributed by atoms with Gasteiger partial charge in [0.05, 0.1) is 4.90 Å². The molecule has 0 spiro atoms.